The molecule has 1 unspecified atom stereocenters. The van der Waals surface area contributed by atoms with Crippen molar-refractivity contribution in [3.63, 3.8) is 0 Å². The molecule has 0 aliphatic carbocycles. The summed E-state index contributed by atoms with van der Waals surface area (Å²) < 4.78 is 6.22. The lowest BCUT2D eigenvalue weighted by molar-refractivity contribution is 0.203. The molecule has 1 atom stereocenters. The van der Waals surface area contributed by atoms with E-state index in [0.29, 0.717) is 12.6 Å². The van der Waals surface area contributed by atoms with Gasteiger partial charge in [0.25, 0.3) is 0 Å². The number of hydrogen-bond donors (Lipinski definition) is 0. The van der Waals surface area contributed by atoms with E-state index < -0.39 is 0 Å². The van der Waals surface area contributed by atoms with E-state index in [9.17, 15) is 0 Å². The molecular formula is C11H18IN3O. The molecule has 0 aliphatic rings. The van der Waals surface area contributed by atoms with Crippen LogP contribution in [-0.2, 0) is 4.74 Å². The maximum Gasteiger partial charge on any atom is 0.145 e. The molecule has 4 nitrogen and oxygen atoms in total. The number of halogens is 1. The largest absolute Gasteiger partial charge is 0.383 e. The van der Waals surface area contributed by atoms with Crippen molar-refractivity contribution in [2.45, 2.75) is 26.3 Å². The Kier molecular flexibility index (Phi) is 5.97. The van der Waals surface area contributed by atoms with Gasteiger partial charge in [-0.3, -0.25) is 0 Å². The molecular weight excluding hydrogens is 317 g/mol. The molecule has 0 N–H and O–H groups in total. The van der Waals surface area contributed by atoms with E-state index in [1.165, 1.54) is 0 Å². The minimum absolute atomic E-state index is 0.457. The molecule has 1 rings (SSSR count). The van der Waals surface area contributed by atoms with Crippen LogP contribution >= 0.6 is 22.6 Å². The highest BCUT2D eigenvalue weighted by molar-refractivity contribution is 14.1. The lowest BCUT2D eigenvalue weighted by Crippen LogP contribution is -2.36. The fourth-order valence-corrected chi connectivity index (χ4v) is 2.07. The van der Waals surface area contributed by atoms with Gasteiger partial charge in [0, 0.05) is 25.9 Å². The predicted molar refractivity (Wildman–Crippen MR) is 73.7 cm³/mol. The van der Waals surface area contributed by atoms with Gasteiger partial charge < -0.3 is 9.64 Å². The monoisotopic (exact) mass is 335 g/mol. The van der Waals surface area contributed by atoms with Crippen molar-refractivity contribution in [1.29, 1.82) is 0 Å². The third-order valence-electron chi connectivity index (χ3n) is 2.58. The van der Waals surface area contributed by atoms with Gasteiger partial charge in [-0.05, 0) is 35.9 Å². The van der Waals surface area contributed by atoms with E-state index in [0.717, 1.165) is 22.4 Å². The first-order valence-corrected chi connectivity index (χ1v) is 6.49. The Hall–Kier alpha value is -0.430. The smallest absolute Gasteiger partial charge is 0.145 e. The third kappa shape index (κ3) is 3.55. The second-order valence-corrected chi connectivity index (χ2v) is 4.80. The number of nitrogens with zero attached hydrogens (tertiary/aromatic N) is 3. The Balaban J connectivity index is 2.87. The number of methoxy groups -OCH3 is 1. The summed E-state index contributed by atoms with van der Waals surface area (Å²) in [5.41, 5.74) is 0. The average molecular weight is 335 g/mol. The standard InChI is InChI=1S/C11H18IN3O/c1-4-9(2)15(5-6-16-3)11-10(12)7-13-8-14-11/h7-9H,4-6H2,1-3H3. The molecule has 1 aromatic rings. The van der Waals surface area contributed by atoms with Crippen molar-refractivity contribution in [1.82, 2.24) is 9.97 Å². The van der Waals surface area contributed by atoms with Crippen LogP contribution < -0.4 is 4.90 Å². The Morgan fingerprint density at radius 3 is 2.88 bits per heavy atom. The number of rotatable bonds is 6. The van der Waals surface area contributed by atoms with E-state index >= 15 is 0 Å². The zero-order valence-electron chi connectivity index (χ0n) is 9.98. The number of hydrogen-bond acceptors (Lipinski definition) is 4. The van der Waals surface area contributed by atoms with Gasteiger partial charge in [-0.25, -0.2) is 9.97 Å². The molecule has 0 radical (unpaired) electrons. The van der Waals surface area contributed by atoms with Crippen LogP contribution in [-0.4, -0.2) is 36.3 Å². The first-order valence-electron chi connectivity index (χ1n) is 5.41. The normalized spacial score (nSPS) is 12.5. The molecule has 0 saturated heterocycles. The Morgan fingerprint density at radius 2 is 2.31 bits per heavy atom. The number of anilines is 1. The molecule has 0 fully saturated rings. The minimum atomic E-state index is 0.457. The van der Waals surface area contributed by atoms with E-state index in [2.05, 4.69) is 51.3 Å². The average Bonchev–Trinajstić information content (AvgIpc) is 2.31. The van der Waals surface area contributed by atoms with Gasteiger partial charge in [-0.1, -0.05) is 6.92 Å². The maximum absolute atomic E-state index is 5.14. The zero-order chi connectivity index (χ0) is 12.0. The lowest BCUT2D eigenvalue weighted by Gasteiger charge is -2.29. The summed E-state index contributed by atoms with van der Waals surface area (Å²) in [6, 6.07) is 0.457. The van der Waals surface area contributed by atoms with Crippen LogP contribution in [0.5, 0.6) is 0 Å². The fraction of sp³-hybridized carbons (Fsp3) is 0.636. The van der Waals surface area contributed by atoms with E-state index in [4.69, 9.17) is 4.74 Å². The van der Waals surface area contributed by atoms with Crippen molar-refractivity contribution in [3.05, 3.63) is 16.1 Å². The van der Waals surface area contributed by atoms with Crippen molar-refractivity contribution in [3.8, 4) is 0 Å². The minimum Gasteiger partial charge on any atom is -0.383 e. The molecule has 5 heteroatoms. The van der Waals surface area contributed by atoms with Crippen molar-refractivity contribution in [2.24, 2.45) is 0 Å². The van der Waals surface area contributed by atoms with Crippen LogP contribution in [0.15, 0.2) is 12.5 Å². The fourth-order valence-electron chi connectivity index (χ4n) is 1.46. The van der Waals surface area contributed by atoms with Gasteiger partial charge in [0.15, 0.2) is 0 Å². The molecule has 1 heterocycles. The predicted octanol–water partition coefficient (Wildman–Crippen LogP) is 2.33. The Labute approximate surface area is 111 Å². The summed E-state index contributed by atoms with van der Waals surface area (Å²) in [6.07, 6.45) is 4.52. The molecule has 1 aromatic heterocycles. The van der Waals surface area contributed by atoms with Gasteiger partial charge >= 0.3 is 0 Å². The van der Waals surface area contributed by atoms with Crippen molar-refractivity contribution in [2.75, 3.05) is 25.2 Å². The van der Waals surface area contributed by atoms with Crippen molar-refractivity contribution >= 4 is 28.4 Å². The van der Waals surface area contributed by atoms with Crippen LogP contribution in [0.25, 0.3) is 0 Å². The summed E-state index contributed by atoms with van der Waals surface area (Å²) in [5, 5.41) is 0. The van der Waals surface area contributed by atoms with E-state index in [-0.39, 0.29) is 0 Å². The van der Waals surface area contributed by atoms with Crippen LogP contribution in [0.2, 0.25) is 0 Å². The molecule has 0 aliphatic heterocycles. The SMILES string of the molecule is CCC(C)N(CCOC)c1ncncc1I. The lowest BCUT2D eigenvalue weighted by atomic mass is 10.2. The quantitative estimate of drug-likeness (QED) is 0.748. The highest BCUT2D eigenvalue weighted by Gasteiger charge is 2.16. The molecule has 16 heavy (non-hydrogen) atoms. The molecule has 0 amide bonds. The van der Waals surface area contributed by atoms with E-state index in [1.807, 2.05) is 6.20 Å². The maximum atomic E-state index is 5.14. The Bertz CT molecular complexity index is 322. The third-order valence-corrected chi connectivity index (χ3v) is 3.34. The second kappa shape index (κ2) is 7.01. The zero-order valence-corrected chi connectivity index (χ0v) is 12.1. The number of aromatic nitrogens is 2. The van der Waals surface area contributed by atoms with E-state index in [1.54, 1.807) is 13.4 Å². The molecule has 90 valence electrons. The molecule has 0 bridgehead atoms. The second-order valence-electron chi connectivity index (χ2n) is 3.64. The first kappa shape index (κ1) is 13.6. The number of ether oxygens (including phenoxy) is 1. The van der Waals surface area contributed by atoms with Gasteiger partial charge in [0.05, 0.1) is 10.2 Å². The van der Waals surface area contributed by atoms with Crippen LogP contribution in [0, 0.1) is 3.57 Å². The van der Waals surface area contributed by atoms with Crippen LogP contribution in [0.4, 0.5) is 5.82 Å². The summed E-state index contributed by atoms with van der Waals surface area (Å²) >= 11 is 2.27. The van der Waals surface area contributed by atoms with Gasteiger partial charge in [0.2, 0.25) is 0 Å². The summed E-state index contributed by atoms with van der Waals surface area (Å²) in [5.74, 6) is 1.00. The molecule has 0 spiro atoms. The van der Waals surface area contributed by atoms with Crippen LogP contribution in [0.3, 0.4) is 0 Å². The van der Waals surface area contributed by atoms with Crippen molar-refractivity contribution < 1.29 is 4.74 Å². The summed E-state index contributed by atoms with van der Waals surface area (Å²) in [7, 11) is 1.72. The first-order chi connectivity index (χ1) is 7.70. The topological polar surface area (TPSA) is 38.2 Å². The molecule has 0 saturated carbocycles. The summed E-state index contributed by atoms with van der Waals surface area (Å²) in [4.78, 5) is 10.6. The highest BCUT2D eigenvalue weighted by atomic mass is 127. The van der Waals surface area contributed by atoms with Gasteiger partial charge in [-0.15, -0.1) is 0 Å². The Morgan fingerprint density at radius 1 is 1.56 bits per heavy atom. The highest BCUT2D eigenvalue weighted by Crippen LogP contribution is 2.21. The molecule has 0 aromatic carbocycles. The van der Waals surface area contributed by atoms with Crippen LogP contribution in [0.1, 0.15) is 20.3 Å². The van der Waals surface area contributed by atoms with Gasteiger partial charge in [-0.2, -0.15) is 0 Å². The summed E-state index contributed by atoms with van der Waals surface area (Å²) in [6.45, 7) is 5.95. The van der Waals surface area contributed by atoms with Gasteiger partial charge in [0.1, 0.15) is 12.1 Å².